The Bertz CT molecular complexity index is 804. The maximum absolute atomic E-state index is 12.1. The third kappa shape index (κ3) is 5.77. The van der Waals surface area contributed by atoms with E-state index < -0.39 is 10.0 Å². The molecule has 0 radical (unpaired) electrons. The summed E-state index contributed by atoms with van der Waals surface area (Å²) in [6, 6.07) is 12.1. The van der Waals surface area contributed by atoms with Gasteiger partial charge in [-0.05, 0) is 61.9 Å². The first-order chi connectivity index (χ1) is 12.5. The molecule has 3 rings (SSSR count). The predicted molar refractivity (Wildman–Crippen MR) is 110 cm³/mol. The fourth-order valence-corrected chi connectivity index (χ4v) is 4.91. The summed E-state index contributed by atoms with van der Waals surface area (Å²) in [6.45, 7) is 5.28. The van der Waals surface area contributed by atoms with Gasteiger partial charge in [0.15, 0.2) is 0 Å². The SMILES string of the molecule is Cc1ccc(C=CS(=O)(=O)NCCN2CCC(c3cccs3)CC2)cc1. The highest BCUT2D eigenvalue weighted by molar-refractivity contribution is 7.92. The Balaban J connectivity index is 1.40. The van der Waals surface area contributed by atoms with Crippen LogP contribution in [0.3, 0.4) is 0 Å². The van der Waals surface area contributed by atoms with Crippen LogP contribution in [-0.2, 0) is 10.0 Å². The largest absolute Gasteiger partial charge is 0.302 e. The van der Waals surface area contributed by atoms with E-state index in [1.165, 1.54) is 10.3 Å². The van der Waals surface area contributed by atoms with E-state index in [-0.39, 0.29) is 0 Å². The van der Waals surface area contributed by atoms with Crippen LogP contribution in [-0.4, -0.2) is 39.5 Å². The molecule has 0 saturated carbocycles. The van der Waals surface area contributed by atoms with Gasteiger partial charge in [-0.3, -0.25) is 0 Å². The molecule has 0 unspecified atom stereocenters. The zero-order chi connectivity index (χ0) is 18.4. The van der Waals surface area contributed by atoms with E-state index in [0.717, 1.165) is 43.6 Å². The summed E-state index contributed by atoms with van der Waals surface area (Å²) in [5.74, 6) is 0.667. The van der Waals surface area contributed by atoms with E-state index >= 15 is 0 Å². The van der Waals surface area contributed by atoms with Gasteiger partial charge in [-0.2, -0.15) is 0 Å². The van der Waals surface area contributed by atoms with Crippen LogP contribution in [0.15, 0.2) is 47.2 Å². The van der Waals surface area contributed by atoms with Crippen LogP contribution >= 0.6 is 11.3 Å². The van der Waals surface area contributed by atoms with Crippen molar-refractivity contribution >= 4 is 27.4 Å². The molecule has 1 fully saturated rings. The average molecular weight is 391 g/mol. The number of benzene rings is 1. The molecule has 1 saturated heterocycles. The zero-order valence-electron chi connectivity index (χ0n) is 15.1. The molecule has 1 aromatic carbocycles. The first kappa shape index (κ1) is 19.3. The molecule has 0 atom stereocenters. The van der Waals surface area contributed by atoms with Gasteiger partial charge in [0.25, 0.3) is 0 Å². The number of rotatable bonds is 7. The molecule has 26 heavy (non-hydrogen) atoms. The van der Waals surface area contributed by atoms with Gasteiger partial charge < -0.3 is 4.90 Å². The minimum absolute atomic E-state index is 0.449. The molecule has 4 nitrogen and oxygen atoms in total. The second kappa shape index (κ2) is 8.95. The Morgan fingerprint density at radius 1 is 1.19 bits per heavy atom. The highest BCUT2D eigenvalue weighted by Crippen LogP contribution is 2.30. The van der Waals surface area contributed by atoms with E-state index in [4.69, 9.17) is 0 Å². The van der Waals surface area contributed by atoms with Gasteiger partial charge >= 0.3 is 0 Å². The maximum Gasteiger partial charge on any atom is 0.233 e. The van der Waals surface area contributed by atoms with Gasteiger partial charge in [0, 0.05) is 23.4 Å². The number of thiophene rings is 1. The van der Waals surface area contributed by atoms with Gasteiger partial charge in [0.1, 0.15) is 0 Å². The third-order valence-corrected chi connectivity index (χ3v) is 6.92. The Hall–Kier alpha value is -1.47. The lowest BCUT2D eigenvalue weighted by Crippen LogP contribution is -2.38. The molecule has 0 aliphatic carbocycles. The van der Waals surface area contributed by atoms with E-state index in [1.54, 1.807) is 6.08 Å². The number of nitrogens with zero attached hydrogens (tertiary/aromatic N) is 1. The molecular weight excluding hydrogens is 364 g/mol. The quantitative estimate of drug-likeness (QED) is 0.782. The summed E-state index contributed by atoms with van der Waals surface area (Å²) >= 11 is 1.84. The van der Waals surface area contributed by atoms with Crippen LogP contribution in [0.5, 0.6) is 0 Å². The van der Waals surface area contributed by atoms with Crippen LogP contribution in [0.2, 0.25) is 0 Å². The molecule has 0 bridgehead atoms. The van der Waals surface area contributed by atoms with Gasteiger partial charge in [-0.15, -0.1) is 11.3 Å². The van der Waals surface area contributed by atoms with Crippen molar-refractivity contribution in [2.75, 3.05) is 26.2 Å². The van der Waals surface area contributed by atoms with Crippen molar-refractivity contribution in [3.8, 4) is 0 Å². The van der Waals surface area contributed by atoms with Crippen molar-refractivity contribution in [3.05, 3.63) is 63.2 Å². The minimum atomic E-state index is -3.39. The number of hydrogen-bond acceptors (Lipinski definition) is 4. The molecule has 2 heterocycles. The molecule has 1 N–H and O–H groups in total. The summed E-state index contributed by atoms with van der Waals surface area (Å²) < 4.78 is 26.9. The van der Waals surface area contributed by atoms with Crippen molar-refractivity contribution in [1.82, 2.24) is 9.62 Å². The molecule has 0 amide bonds. The van der Waals surface area contributed by atoms with Gasteiger partial charge in [-0.25, -0.2) is 13.1 Å². The van der Waals surface area contributed by atoms with Gasteiger partial charge in [0.05, 0.1) is 0 Å². The highest BCUT2D eigenvalue weighted by Gasteiger charge is 2.21. The summed E-state index contributed by atoms with van der Waals surface area (Å²) in [7, 11) is -3.39. The molecule has 6 heteroatoms. The summed E-state index contributed by atoms with van der Waals surface area (Å²) in [5.41, 5.74) is 2.04. The zero-order valence-corrected chi connectivity index (χ0v) is 16.7. The number of aryl methyl sites for hydroxylation is 1. The lowest BCUT2D eigenvalue weighted by atomic mass is 9.95. The number of sulfonamides is 1. The fraction of sp³-hybridized carbons (Fsp3) is 0.400. The summed E-state index contributed by atoms with van der Waals surface area (Å²) in [5, 5.41) is 3.39. The molecule has 2 aromatic rings. The van der Waals surface area contributed by atoms with Crippen molar-refractivity contribution in [2.45, 2.75) is 25.7 Å². The molecule has 140 valence electrons. The second-order valence-corrected chi connectivity index (χ2v) is 9.41. The molecule has 1 aliphatic rings. The minimum Gasteiger partial charge on any atom is -0.302 e. The molecule has 1 aliphatic heterocycles. The number of likely N-dealkylation sites (tertiary alicyclic amines) is 1. The van der Waals surface area contributed by atoms with Crippen molar-refractivity contribution < 1.29 is 8.42 Å². The van der Waals surface area contributed by atoms with Crippen LogP contribution in [0.1, 0.15) is 34.8 Å². The summed E-state index contributed by atoms with van der Waals surface area (Å²) in [4.78, 5) is 3.82. The van der Waals surface area contributed by atoms with Crippen LogP contribution in [0.25, 0.3) is 6.08 Å². The molecule has 0 spiro atoms. The summed E-state index contributed by atoms with van der Waals surface area (Å²) in [6.07, 6.45) is 3.94. The van der Waals surface area contributed by atoms with Gasteiger partial charge in [-0.1, -0.05) is 35.9 Å². The standard InChI is InChI=1S/C20H26N2O2S2/c1-17-4-6-18(7-5-17)10-16-26(23,24)21-11-14-22-12-8-19(9-13-22)20-3-2-15-25-20/h2-7,10,15-16,19,21H,8-9,11-14H2,1H3. The highest BCUT2D eigenvalue weighted by atomic mass is 32.2. The third-order valence-electron chi connectivity index (χ3n) is 4.78. The smallest absolute Gasteiger partial charge is 0.233 e. The first-order valence-corrected chi connectivity index (χ1v) is 11.4. The first-order valence-electron chi connectivity index (χ1n) is 9.02. The van der Waals surface area contributed by atoms with Crippen LogP contribution in [0, 0.1) is 6.92 Å². The number of piperidine rings is 1. The van der Waals surface area contributed by atoms with Crippen molar-refractivity contribution in [2.24, 2.45) is 0 Å². The maximum atomic E-state index is 12.1. The van der Waals surface area contributed by atoms with E-state index in [1.807, 2.05) is 42.5 Å². The predicted octanol–water partition coefficient (Wildman–Crippen LogP) is 3.83. The Kier molecular flexibility index (Phi) is 6.64. The van der Waals surface area contributed by atoms with Crippen molar-refractivity contribution in [3.63, 3.8) is 0 Å². The van der Waals surface area contributed by atoms with E-state index in [9.17, 15) is 8.42 Å². The monoisotopic (exact) mass is 390 g/mol. The van der Waals surface area contributed by atoms with Gasteiger partial charge in [0.2, 0.25) is 10.0 Å². The normalized spacial score (nSPS) is 17.1. The Morgan fingerprint density at radius 2 is 1.92 bits per heavy atom. The second-order valence-electron chi connectivity index (χ2n) is 6.78. The lowest BCUT2D eigenvalue weighted by Gasteiger charge is -2.31. The van der Waals surface area contributed by atoms with E-state index in [0.29, 0.717) is 12.5 Å². The number of hydrogen-bond donors (Lipinski definition) is 1. The topological polar surface area (TPSA) is 49.4 Å². The van der Waals surface area contributed by atoms with E-state index in [2.05, 4.69) is 27.1 Å². The fourth-order valence-electron chi connectivity index (χ4n) is 3.20. The Labute approximate surface area is 160 Å². The average Bonchev–Trinajstić information content (AvgIpc) is 3.16. The number of nitrogens with one attached hydrogen (secondary N) is 1. The lowest BCUT2D eigenvalue weighted by molar-refractivity contribution is 0.217. The van der Waals surface area contributed by atoms with Crippen molar-refractivity contribution in [1.29, 1.82) is 0 Å². The molecular formula is C20H26N2O2S2. The van der Waals surface area contributed by atoms with Crippen LogP contribution in [0.4, 0.5) is 0 Å². The molecule has 1 aromatic heterocycles. The van der Waals surface area contributed by atoms with Crippen LogP contribution < -0.4 is 4.72 Å². The Morgan fingerprint density at radius 3 is 2.58 bits per heavy atom.